The molecule has 0 bridgehead atoms. The summed E-state index contributed by atoms with van der Waals surface area (Å²) < 4.78 is 29.6. The largest absolute Gasteiger partial charge is 0.326 e. The number of amides is 1. The zero-order chi connectivity index (χ0) is 18.9. The Hall–Kier alpha value is -1.91. The summed E-state index contributed by atoms with van der Waals surface area (Å²) in [6, 6.07) is 5.88. The van der Waals surface area contributed by atoms with Gasteiger partial charge in [-0.3, -0.25) is 4.79 Å². The minimum Gasteiger partial charge on any atom is -0.326 e. The molecule has 1 aliphatic rings. The molecule has 1 amide bonds. The molecule has 1 aromatic heterocycles. The second-order valence-electron chi connectivity index (χ2n) is 6.08. The normalized spacial score (nSPS) is 18.2. The molecule has 1 atom stereocenters. The zero-order valence-corrected chi connectivity index (χ0v) is 16.5. The summed E-state index contributed by atoms with van der Waals surface area (Å²) in [5.74, 6) is 0.456. The number of benzene rings is 1. The Morgan fingerprint density at radius 3 is 2.54 bits per heavy atom. The van der Waals surface area contributed by atoms with Gasteiger partial charge in [-0.1, -0.05) is 11.8 Å². The summed E-state index contributed by atoms with van der Waals surface area (Å²) in [7, 11) is -1.81. The molecule has 140 valence electrons. The maximum absolute atomic E-state index is 13.1. The predicted octanol–water partition coefficient (Wildman–Crippen LogP) is 2.02. The van der Waals surface area contributed by atoms with Gasteiger partial charge in [0, 0.05) is 26.2 Å². The van der Waals surface area contributed by atoms with Gasteiger partial charge in [0.2, 0.25) is 15.9 Å². The first-order chi connectivity index (χ1) is 12.3. The van der Waals surface area contributed by atoms with Crippen molar-refractivity contribution >= 4 is 33.4 Å². The molecular formula is C16H21N5O3S2. The van der Waals surface area contributed by atoms with Crippen LogP contribution in [0.25, 0.3) is 0 Å². The van der Waals surface area contributed by atoms with E-state index in [2.05, 4.69) is 15.5 Å². The van der Waals surface area contributed by atoms with Crippen LogP contribution >= 0.6 is 11.8 Å². The first-order valence-electron chi connectivity index (χ1n) is 8.17. The smallest absolute Gasteiger partial charge is 0.243 e. The van der Waals surface area contributed by atoms with Crippen LogP contribution < -0.4 is 5.32 Å². The fourth-order valence-corrected chi connectivity index (χ4v) is 5.27. The molecule has 3 rings (SSSR count). The van der Waals surface area contributed by atoms with E-state index in [0.717, 1.165) is 11.6 Å². The summed E-state index contributed by atoms with van der Waals surface area (Å²) >= 11 is 1.47. The first-order valence-corrected chi connectivity index (χ1v) is 10.8. The Labute approximate surface area is 157 Å². The number of hydrogen-bond donors (Lipinski definition) is 1. The van der Waals surface area contributed by atoms with Crippen LogP contribution in [0, 0.1) is 0 Å². The molecule has 1 fully saturated rings. The Bertz CT molecular complexity index is 908. The zero-order valence-electron chi connectivity index (χ0n) is 14.8. The van der Waals surface area contributed by atoms with Gasteiger partial charge in [-0.25, -0.2) is 8.42 Å². The van der Waals surface area contributed by atoms with Crippen LogP contribution in [0.15, 0.2) is 34.3 Å². The van der Waals surface area contributed by atoms with Crippen LogP contribution in [-0.4, -0.2) is 46.2 Å². The lowest BCUT2D eigenvalue weighted by Gasteiger charge is -2.23. The van der Waals surface area contributed by atoms with Crippen molar-refractivity contribution in [3.8, 4) is 0 Å². The van der Waals surface area contributed by atoms with E-state index in [0.29, 0.717) is 24.5 Å². The third kappa shape index (κ3) is 3.49. The van der Waals surface area contributed by atoms with Gasteiger partial charge in [-0.15, -0.1) is 10.2 Å². The number of nitrogens with zero attached hydrogens (tertiary/aromatic N) is 4. The van der Waals surface area contributed by atoms with Crippen molar-refractivity contribution in [2.24, 2.45) is 7.05 Å². The first kappa shape index (κ1) is 18.9. The van der Waals surface area contributed by atoms with E-state index >= 15 is 0 Å². The lowest BCUT2D eigenvalue weighted by atomic mass is 10.2. The number of sulfonamides is 1. The van der Waals surface area contributed by atoms with E-state index < -0.39 is 10.0 Å². The number of aromatic nitrogens is 3. The second kappa shape index (κ2) is 7.37. The fourth-order valence-electron chi connectivity index (χ4n) is 3.13. The van der Waals surface area contributed by atoms with Crippen LogP contribution in [-0.2, 0) is 21.9 Å². The molecule has 0 aliphatic carbocycles. The van der Waals surface area contributed by atoms with E-state index in [9.17, 15) is 13.2 Å². The monoisotopic (exact) mass is 395 g/mol. The molecule has 10 heteroatoms. The van der Waals surface area contributed by atoms with Gasteiger partial charge in [-0.05, 0) is 43.4 Å². The number of hydrogen-bond acceptors (Lipinski definition) is 6. The van der Waals surface area contributed by atoms with Crippen LogP contribution in [0.3, 0.4) is 0 Å². The van der Waals surface area contributed by atoms with Gasteiger partial charge in [-0.2, -0.15) is 4.31 Å². The molecule has 1 aromatic carbocycles. The number of rotatable bonds is 5. The van der Waals surface area contributed by atoms with Crippen LogP contribution in [0.5, 0.6) is 0 Å². The molecule has 26 heavy (non-hydrogen) atoms. The Morgan fingerprint density at radius 2 is 1.96 bits per heavy atom. The molecule has 0 spiro atoms. The summed E-state index contributed by atoms with van der Waals surface area (Å²) in [6.07, 6.45) is 3.40. The summed E-state index contributed by atoms with van der Waals surface area (Å²) in [5, 5.41) is 11.7. The third-order valence-electron chi connectivity index (χ3n) is 4.33. The van der Waals surface area contributed by atoms with Crippen molar-refractivity contribution in [1.29, 1.82) is 0 Å². The average molecular weight is 396 g/mol. The second-order valence-corrected chi connectivity index (χ2v) is 8.75. The standard InChI is InChI=1S/C16H21N5O3S2/c1-11(22)17-12-6-8-13(9-7-12)26(23,24)21-10-4-5-14(21)15-18-19-16(25-3)20(15)2/h6-9,14H,4-5,10H2,1-3H3,(H,17,22). The maximum atomic E-state index is 13.1. The minimum absolute atomic E-state index is 0.200. The topological polar surface area (TPSA) is 97.2 Å². The molecule has 2 heterocycles. The summed E-state index contributed by atoms with van der Waals surface area (Å²) in [6.45, 7) is 1.85. The van der Waals surface area contributed by atoms with Crippen molar-refractivity contribution < 1.29 is 13.2 Å². The average Bonchev–Trinajstić information content (AvgIpc) is 3.21. The van der Waals surface area contributed by atoms with Crippen molar-refractivity contribution in [2.75, 3.05) is 18.1 Å². The number of carbonyl (C=O) groups is 1. The molecule has 1 saturated heterocycles. The van der Waals surface area contributed by atoms with Crippen LogP contribution in [0.1, 0.15) is 31.6 Å². The van der Waals surface area contributed by atoms with Gasteiger partial charge in [0.05, 0.1) is 10.9 Å². The molecular weight excluding hydrogens is 374 g/mol. The highest BCUT2D eigenvalue weighted by Crippen LogP contribution is 2.36. The predicted molar refractivity (Wildman–Crippen MR) is 99.4 cm³/mol. The quantitative estimate of drug-likeness (QED) is 0.778. The number of nitrogens with one attached hydrogen (secondary N) is 1. The van der Waals surface area contributed by atoms with E-state index in [-0.39, 0.29) is 16.8 Å². The maximum Gasteiger partial charge on any atom is 0.243 e. The Kier molecular flexibility index (Phi) is 5.35. The summed E-state index contributed by atoms with van der Waals surface area (Å²) in [4.78, 5) is 11.3. The number of thioether (sulfide) groups is 1. The van der Waals surface area contributed by atoms with Crippen molar-refractivity contribution in [3.05, 3.63) is 30.1 Å². The van der Waals surface area contributed by atoms with Gasteiger partial charge in [0.15, 0.2) is 11.0 Å². The van der Waals surface area contributed by atoms with Crippen LogP contribution in [0.4, 0.5) is 5.69 Å². The molecule has 1 unspecified atom stereocenters. The molecule has 2 aromatic rings. The van der Waals surface area contributed by atoms with E-state index in [1.165, 1.54) is 35.1 Å². The van der Waals surface area contributed by atoms with E-state index in [4.69, 9.17) is 0 Å². The van der Waals surface area contributed by atoms with Crippen molar-refractivity contribution in [3.63, 3.8) is 0 Å². The highest BCUT2D eigenvalue weighted by Gasteiger charge is 2.38. The van der Waals surface area contributed by atoms with Crippen molar-refractivity contribution in [2.45, 2.75) is 35.9 Å². The van der Waals surface area contributed by atoms with E-state index in [1.54, 1.807) is 12.1 Å². The number of carbonyl (C=O) groups excluding carboxylic acids is 1. The van der Waals surface area contributed by atoms with E-state index in [1.807, 2.05) is 17.9 Å². The third-order valence-corrected chi connectivity index (χ3v) is 6.98. The van der Waals surface area contributed by atoms with Crippen LogP contribution in [0.2, 0.25) is 0 Å². The van der Waals surface area contributed by atoms with Gasteiger partial charge in [0.25, 0.3) is 0 Å². The molecule has 0 radical (unpaired) electrons. The SMILES string of the molecule is CSc1nnc(C2CCCN2S(=O)(=O)c2ccc(NC(C)=O)cc2)n1C. The van der Waals surface area contributed by atoms with Gasteiger partial charge < -0.3 is 9.88 Å². The highest BCUT2D eigenvalue weighted by molar-refractivity contribution is 7.98. The minimum atomic E-state index is -3.66. The molecule has 1 N–H and O–H groups in total. The number of anilines is 1. The lowest BCUT2D eigenvalue weighted by Crippen LogP contribution is -2.32. The van der Waals surface area contributed by atoms with Crippen molar-refractivity contribution in [1.82, 2.24) is 19.1 Å². The Balaban J connectivity index is 1.90. The molecule has 8 nitrogen and oxygen atoms in total. The Morgan fingerprint density at radius 1 is 1.27 bits per heavy atom. The fraction of sp³-hybridized carbons (Fsp3) is 0.438. The highest BCUT2D eigenvalue weighted by atomic mass is 32.2. The van der Waals surface area contributed by atoms with Gasteiger partial charge in [0.1, 0.15) is 0 Å². The lowest BCUT2D eigenvalue weighted by molar-refractivity contribution is -0.114. The molecule has 0 saturated carbocycles. The summed E-state index contributed by atoms with van der Waals surface area (Å²) in [5.41, 5.74) is 0.562. The van der Waals surface area contributed by atoms with Gasteiger partial charge >= 0.3 is 0 Å². The molecule has 1 aliphatic heterocycles.